The smallest absolute Gasteiger partial charge is 0.347 e. The molecule has 7 nitrogen and oxygen atoms in total. The van der Waals surface area contributed by atoms with Crippen molar-refractivity contribution in [2.75, 3.05) is 0 Å². The van der Waals surface area contributed by atoms with Crippen LogP contribution in [-0.2, 0) is 4.74 Å². The fourth-order valence-corrected chi connectivity index (χ4v) is 3.37. The van der Waals surface area contributed by atoms with Crippen molar-refractivity contribution in [3.8, 4) is 23.0 Å². The lowest BCUT2D eigenvalue weighted by atomic mass is 10.1. The van der Waals surface area contributed by atoms with Crippen molar-refractivity contribution in [3.63, 3.8) is 0 Å². The third kappa shape index (κ3) is 3.02. The first-order valence-electron chi connectivity index (χ1n) is 9.05. The first-order valence-corrected chi connectivity index (χ1v) is 9.05. The molecule has 1 aliphatic heterocycles. The number of Topliss-reactive ketones (excluding diaryl/α,β-unsaturated/α-hetero) is 2. The van der Waals surface area contributed by atoms with E-state index in [1.807, 2.05) is 0 Å². The summed E-state index contributed by atoms with van der Waals surface area (Å²) in [7, 11) is 0. The van der Waals surface area contributed by atoms with Gasteiger partial charge in [-0.2, -0.15) is 0 Å². The molecule has 30 heavy (non-hydrogen) atoms. The fourth-order valence-electron chi connectivity index (χ4n) is 3.37. The van der Waals surface area contributed by atoms with Crippen molar-refractivity contribution < 1.29 is 33.4 Å². The SMILES string of the molecule is O=C1CC(=O)c2cc(Oc3ccc(Oc4ccc5c(c4)C(=O)OC5=O)cc3)ccc21. The minimum atomic E-state index is -0.696. The van der Waals surface area contributed by atoms with Gasteiger partial charge in [-0.05, 0) is 60.7 Å². The maximum atomic E-state index is 11.9. The van der Waals surface area contributed by atoms with Crippen LogP contribution in [0, 0.1) is 0 Å². The van der Waals surface area contributed by atoms with Gasteiger partial charge >= 0.3 is 11.9 Å². The van der Waals surface area contributed by atoms with E-state index in [2.05, 4.69) is 4.74 Å². The molecule has 3 aromatic carbocycles. The van der Waals surface area contributed by atoms with Crippen LogP contribution in [0.2, 0.25) is 0 Å². The van der Waals surface area contributed by atoms with Crippen LogP contribution >= 0.6 is 0 Å². The van der Waals surface area contributed by atoms with Gasteiger partial charge in [0.2, 0.25) is 0 Å². The summed E-state index contributed by atoms with van der Waals surface area (Å²) in [5.41, 5.74) is 1.19. The first kappa shape index (κ1) is 17.8. The van der Waals surface area contributed by atoms with E-state index >= 15 is 0 Å². The highest BCUT2D eigenvalue weighted by Gasteiger charge is 2.30. The Labute approximate surface area is 169 Å². The zero-order chi connectivity index (χ0) is 20.8. The minimum Gasteiger partial charge on any atom is -0.457 e. The molecule has 1 aliphatic carbocycles. The van der Waals surface area contributed by atoms with Gasteiger partial charge in [-0.1, -0.05) is 0 Å². The molecule has 2 aliphatic rings. The summed E-state index contributed by atoms with van der Waals surface area (Å²) in [6, 6.07) is 16.0. The van der Waals surface area contributed by atoms with Gasteiger partial charge < -0.3 is 14.2 Å². The number of ether oxygens (including phenoxy) is 3. The molecule has 0 aromatic heterocycles. The molecule has 0 spiro atoms. The number of cyclic esters (lactones) is 2. The van der Waals surface area contributed by atoms with Crippen molar-refractivity contribution in [2.24, 2.45) is 0 Å². The number of hydrogen-bond acceptors (Lipinski definition) is 7. The quantitative estimate of drug-likeness (QED) is 0.474. The van der Waals surface area contributed by atoms with Gasteiger partial charge in [0, 0.05) is 11.1 Å². The summed E-state index contributed by atoms with van der Waals surface area (Å²) in [5, 5.41) is 0. The topological polar surface area (TPSA) is 96.0 Å². The largest absolute Gasteiger partial charge is 0.457 e. The second kappa shape index (κ2) is 6.66. The summed E-state index contributed by atoms with van der Waals surface area (Å²) in [6.45, 7) is 0. The number of esters is 2. The fraction of sp³-hybridized carbons (Fsp3) is 0.0435. The Bertz CT molecular complexity index is 1160. The van der Waals surface area contributed by atoms with Crippen molar-refractivity contribution >= 4 is 23.5 Å². The van der Waals surface area contributed by atoms with Gasteiger partial charge in [-0.15, -0.1) is 0 Å². The third-order valence-corrected chi connectivity index (χ3v) is 4.82. The Balaban J connectivity index is 1.31. The molecule has 5 rings (SSSR count). The van der Waals surface area contributed by atoms with Crippen LogP contribution in [0.4, 0.5) is 0 Å². The summed E-state index contributed by atoms with van der Waals surface area (Å²) in [4.78, 5) is 46.7. The van der Waals surface area contributed by atoms with Gasteiger partial charge in [0.1, 0.15) is 23.0 Å². The van der Waals surface area contributed by atoms with E-state index in [0.717, 1.165) is 0 Å². The van der Waals surface area contributed by atoms with Crippen LogP contribution in [0.3, 0.4) is 0 Å². The Kier molecular flexibility index (Phi) is 3.96. The number of hydrogen-bond donors (Lipinski definition) is 0. The Morgan fingerprint density at radius 3 is 1.63 bits per heavy atom. The van der Waals surface area contributed by atoms with Gasteiger partial charge in [-0.3, -0.25) is 9.59 Å². The maximum Gasteiger partial charge on any atom is 0.347 e. The Morgan fingerprint density at radius 2 is 1.00 bits per heavy atom. The molecule has 0 saturated heterocycles. The summed E-state index contributed by atoms with van der Waals surface area (Å²) in [6.07, 6.45) is -0.0978. The average molecular weight is 400 g/mol. The molecular formula is C23H12O7. The lowest BCUT2D eigenvalue weighted by Gasteiger charge is -2.09. The van der Waals surface area contributed by atoms with Gasteiger partial charge in [0.05, 0.1) is 17.5 Å². The van der Waals surface area contributed by atoms with E-state index in [1.165, 1.54) is 12.1 Å². The van der Waals surface area contributed by atoms with E-state index in [-0.39, 0.29) is 29.1 Å². The molecule has 146 valence electrons. The van der Waals surface area contributed by atoms with Crippen molar-refractivity contribution in [1.82, 2.24) is 0 Å². The van der Waals surface area contributed by atoms with E-state index in [0.29, 0.717) is 34.1 Å². The highest BCUT2D eigenvalue weighted by atomic mass is 16.6. The zero-order valence-corrected chi connectivity index (χ0v) is 15.3. The molecule has 0 amide bonds. The normalized spacial score (nSPS) is 14.4. The van der Waals surface area contributed by atoms with E-state index in [9.17, 15) is 19.2 Å². The van der Waals surface area contributed by atoms with E-state index in [1.54, 1.807) is 48.5 Å². The van der Waals surface area contributed by atoms with Gasteiger partial charge in [0.15, 0.2) is 11.6 Å². The van der Waals surface area contributed by atoms with Gasteiger partial charge in [-0.25, -0.2) is 9.59 Å². The number of fused-ring (bicyclic) bond motifs is 2. The maximum absolute atomic E-state index is 11.9. The van der Waals surface area contributed by atoms with E-state index < -0.39 is 11.9 Å². The molecule has 0 bridgehead atoms. The summed E-state index contributed by atoms with van der Waals surface area (Å²) in [5.74, 6) is 0.107. The molecule has 3 aromatic rings. The molecular weight excluding hydrogens is 388 g/mol. The standard InChI is InChI=1S/C23H12O7/c24-20-11-21(25)18-9-14(5-7-16(18)20)28-12-1-3-13(4-2-12)29-15-6-8-17-19(10-15)23(27)30-22(17)26/h1-10H,11H2. The highest BCUT2D eigenvalue weighted by Crippen LogP contribution is 2.32. The Hall–Kier alpha value is -4.26. The highest BCUT2D eigenvalue weighted by molar-refractivity contribution is 6.24. The van der Waals surface area contributed by atoms with Crippen LogP contribution < -0.4 is 9.47 Å². The first-order chi connectivity index (χ1) is 14.5. The molecule has 1 heterocycles. The molecule has 0 radical (unpaired) electrons. The van der Waals surface area contributed by atoms with Crippen LogP contribution in [0.15, 0.2) is 60.7 Å². The van der Waals surface area contributed by atoms with Crippen LogP contribution in [0.1, 0.15) is 47.9 Å². The van der Waals surface area contributed by atoms with Crippen LogP contribution in [0.5, 0.6) is 23.0 Å². The number of ketones is 2. The van der Waals surface area contributed by atoms with E-state index in [4.69, 9.17) is 9.47 Å². The number of carbonyl (C=O) groups is 4. The molecule has 7 heteroatoms. The molecule has 0 N–H and O–H groups in total. The van der Waals surface area contributed by atoms with Crippen LogP contribution in [0.25, 0.3) is 0 Å². The minimum absolute atomic E-state index is 0.0978. The third-order valence-electron chi connectivity index (χ3n) is 4.82. The van der Waals surface area contributed by atoms with Crippen molar-refractivity contribution in [2.45, 2.75) is 6.42 Å². The molecule has 0 unspecified atom stereocenters. The average Bonchev–Trinajstić information content (AvgIpc) is 3.18. The predicted molar refractivity (Wildman–Crippen MR) is 102 cm³/mol. The molecule has 0 saturated carbocycles. The summed E-state index contributed by atoms with van der Waals surface area (Å²) < 4.78 is 16.0. The number of carbonyl (C=O) groups excluding carboxylic acids is 4. The van der Waals surface area contributed by atoms with Gasteiger partial charge in [0.25, 0.3) is 0 Å². The Morgan fingerprint density at radius 1 is 0.533 bits per heavy atom. The van der Waals surface area contributed by atoms with Crippen molar-refractivity contribution in [1.29, 1.82) is 0 Å². The molecule has 0 fully saturated rings. The number of benzene rings is 3. The predicted octanol–water partition coefficient (Wildman–Crippen LogP) is 4.35. The lowest BCUT2D eigenvalue weighted by Crippen LogP contribution is -1.96. The summed E-state index contributed by atoms with van der Waals surface area (Å²) >= 11 is 0. The zero-order valence-electron chi connectivity index (χ0n) is 15.3. The monoisotopic (exact) mass is 400 g/mol. The van der Waals surface area contributed by atoms with Crippen molar-refractivity contribution in [3.05, 3.63) is 82.9 Å². The second-order valence-corrected chi connectivity index (χ2v) is 6.79. The second-order valence-electron chi connectivity index (χ2n) is 6.79. The van der Waals surface area contributed by atoms with Crippen LogP contribution in [-0.4, -0.2) is 23.5 Å². The number of rotatable bonds is 4. The lowest BCUT2D eigenvalue weighted by molar-refractivity contribution is 0.0443. The molecule has 0 atom stereocenters.